The average Bonchev–Trinajstić information content (AvgIpc) is 2.69. The van der Waals surface area contributed by atoms with Crippen LogP contribution in [0.3, 0.4) is 0 Å². The standard InChI is InChI=1S/C19H20N4O4/c24-18(20-16-8-4-5-9-17(16)23(26)27)14-21-10-12-22(13-11-21)19(25)15-6-2-1-3-7-15/h1-9H,10-14H2,(H,20,24). The molecular formula is C19H20N4O4. The van der Waals surface area contributed by atoms with E-state index in [4.69, 9.17) is 0 Å². The fraction of sp³-hybridized carbons (Fsp3) is 0.263. The van der Waals surface area contributed by atoms with Gasteiger partial charge in [0.05, 0.1) is 11.5 Å². The van der Waals surface area contributed by atoms with E-state index in [1.165, 1.54) is 12.1 Å². The Morgan fingerprint density at radius 2 is 1.59 bits per heavy atom. The number of nitrogens with zero attached hydrogens (tertiary/aromatic N) is 3. The summed E-state index contributed by atoms with van der Waals surface area (Å²) < 4.78 is 0. The smallest absolute Gasteiger partial charge is 0.292 e. The number of rotatable bonds is 5. The molecule has 1 aliphatic heterocycles. The minimum Gasteiger partial charge on any atom is -0.336 e. The maximum Gasteiger partial charge on any atom is 0.292 e. The number of carbonyl (C=O) groups excluding carboxylic acids is 2. The van der Waals surface area contributed by atoms with E-state index in [0.29, 0.717) is 31.7 Å². The Kier molecular flexibility index (Phi) is 5.77. The van der Waals surface area contributed by atoms with Crippen molar-refractivity contribution in [2.75, 3.05) is 38.0 Å². The first-order valence-corrected chi connectivity index (χ1v) is 8.64. The van der Waals surface area contributed by atoms with E-state index in [2.05, 4.69) is 5.32 Å². The molecule has 0 radical (unpaired) electrons. The van der Waals surface area contributed by atoms with Crippen molar-refractivity contribution in [3.05, 3.63) is 70.3 Å². The number of hydrogen-bond donors (Lipinski definition) is 1. The fourth-order valence-electron chi connectivity index (χ4n) is 3.00. The highest BCUT2D eigenvalue weighted by Gasteiger charge is 2.24. The van der Waals surface area contributed by atoms with E-state index in [-0.39, 0.29) is 29.7 Å². The zero-order chi connectivity index (χ0) is 19.2. The summed E-state index contributed by atoms with van der Waals surface area (Å²) in [6.45, 7) is 2.34. The zero-order valence-electron chi connectivity index (χ0n) is 14.7. The summed E-state index contributed by atoms with van der Waals surface area (Å²) in [6.07, 6.45) is 0. The van der Waals surface area contributed by atoms with Crippen molar-refractivity contribution in [3.8, 4) is 0 Å². The molecule has 140 valence electrons. The van der Waals surface area contributed by atoms with Crippen LogP contribution in [0.1, 0.15) is 10.4 Å². The van der Waals surface area contributed by atoms with Crippen molar-refractivity contribution in [2.45, 2.75) is 0 Å². The summed E-state index contributed by atoms with van der Waals surface area (Å²) in [6, 6.07) is 15.1. The first-order chi connectivity index (χ1) is 13.0. The van der Waals surface area contributed by atoms with E-state index in [1.54, 1.807) is 29.2 Å². The molecule has 3 rings (SSSR count). The molecule has 0 aliphatic carbocycles. The molecule has 27 heavy (non-hydrogen) atoms. The quantitative estimate of drug-likeness (QED) is 0.643. The van der Waals surface area contributed by atoms with E-state index < -0.39 is 4.92 Å². The van der Waals surface area contributed by atoms with Crippen LogP contribution in [-0.4, -0.2) is 59.3 Å². The van der Waals surface area contributed by atoms with Gasteiger partial charge in [0, 0.05) is 37.8 Å². The van der Waals surface area contributed by atoms with Gasteiger partial charge < -0.3 is 10.2 Å². The third kappa shape index (κ3) is 4.68. The molecule has 1 heterocycles. The van der Waals surface area contributed by atoms with Crippen molar-refractivity contribution < 1.29 is 14.5 Å². The number of amides is 2. The van der Waals surface area contributed by atoms with E-state index in [0.717, 1.165) is 0 Å². The molecule has 0 saturated carbocycles. The van der Waals surface area contributed by atoms with Crippen molar-refractivity contribution >= 4 is 23.2 Å². The zero-order valence-corrected chi connectivity index (χ0v) is 14.7. The van der Waals surface area contributed by atoms with Gasteiger partial charge in [0.15, 0.2) is 0 Å². The third-order valence-corrected chi connectivity index (χ3v) is 4.42. The summed E-state index contributed by atoms with van der Waals surface area (Å²) in [5.41, 5.74) is 0.703. The van der Waals surface area contributed by atoms with Gasteiger partial charge in [0.1, 0.15) is 5.69 Å². The van der Waals surface area contributed by atoms with Gasteiger partial charge in [0.25, 0.3) is 11.6 Å². The number of piperazine rings is 1. The molecule has 0 unspecified atom stereocenters. The molecule has 1 fully saturated rings. The molecule has 8 heteroatoms. The summed E-state index contributed by atoms with van der Waals surface area (Å²) >= 11 is 0. The largest absolute Gasteiger partial charge is 0.336 e. The summed E-state index contributed by atoms with van der Waals surface area (Å²) in [5, 5.41) is 13.6. The molecule has 1 saturated heterocycles. The summed E-state index contributed by atoms with van der Waals surface area (Å²) in [5.74, 6) is -0.327. The number of carbonyl (C=O) groups is 2. The van der Waals surface area contributed by atoms with Crippen molar-refractivity contribution in [2.24, 2.45) is 0 Å². The van der Waals surface area contributed by atoms with Gasteiger partial charge in [-0.05, 0) is 18.2 Å². The van der Waals surface area contributed by atoms with Gasteiger partial charge in [-0.1, -0.05) is 30.3 Å². The topological polar surface area (TPSA) is 95.8 Å². The van der Waals surface area contributed by atoms with Gasteiger partial charge in [-0.15, -0.1) is 0 Å². The Hall–Kier alpha value is -3.26. The monoisotopic (exact) mass is 368 g/mol. The van der Waals surface area contributed by atoms with E-state index in [9.17, 15) is 19.7 Å². The molecule has 0 aromatic heterocycles. The normalized spacial score (nSPS) is 14.6. The first kappa shape index (κ1) is 18.5. The number of hydrogen-bond acceptors (Lipinski definition) is 5. The van der Waals surface area contributed by atoms with Crippen LogP contribution in [0.4, 0.5) is 11.4 Å². The SMILES string of the molecule is O=C(CN1CCN(C(=O)c2ccccc2)CC1)Nc1ccccc1[N+](=O)[O-]. The molecule has 0 spiro atoms. The van der Waals surface area contributed by atoms with Crippen LogP contribution in [0, 0.1) is 10.1 Å². The van der Waals surface area contributed by atoms with E-state index in [1.807, 2.05) is 23.1 Å². The van der Waals surface area contributed by atoms with Crippen LogP contribution in [0.15, 0.2) is 54.6 Å². The third-order valence-electron chi connectivity index (χ3n) is 4.42. The summed E-state index contributed by atoms with van der Waals surface area (Å²) in [7, 11) is 0. The first-order valence-electron chi connectivity index (χ1n) is 8.64. The molecule has 2 amide bonds. The molecule has 1 N–H and O–H groups in total. The highest BCUT2D eigenvalue weighted by molar-refractivity contribution is 5.95. The molecule has 2 aromatic rings. The van der Waals surface area contributed by atoms with Crippen molar-refractivity contribution in [1.29, 1.82) is 0 Å². The van der Waals surface area contributed by atoms with Crippen LogP contribution in [0.2, 0.25) is 0 Å². The summed E-state index contributed by atoms with van der Waals surface area (Å²) in [4.78, 5) is 38.9. The highest BCUT2D eigenvalue weighted by Crippen LogP contribution is 2.23. The Bertz CT molecular complexity index is 833. The number of anilines is 1. The Morgan fingerprint density at radius 3 is 2.26 bits per heavy atom. The van der Waals surface area contributed by atoms with Crippen LogP contribution in [-0.2, 0) is 4.79 Å². The van der Waals surface area contributed by atoms with Crippen molar-refractivity contribution in [3.63, 3.8) is 0 Å². The minimum absolute atomic E-state index is 0.0142. The van der Waals surface area contributed by atoms with E-state index >= 15 is 0 Å². The lowest BCUT2D eigenvalue weighted by atomic mass is 10.2. The number of para-hydroxylation sites is 2. The van der Waals surface area contributed by atoms with Gasteiger partial charge >= 0.3 is 0 Å². The Labute approximate surface area is 156 Å². The Morgan fingerprint density at radius 1 is 0.963 bits per heavy atom. The lowest BCUT2D eigenvalue weighted by Gasteiger charge is -2.34. The van der Waals surface area contributed by atoms with Crippen LogP contribution in [0.25, 0.3) is 0 Å². The van der Waals surface area contributed by atoms with Crippen LogP contribution in [0.5, 0.6) is 0 Å². The van der Waals surface area contributed by atoms with Crippen molar-refractivity contribution in [1.82, 2.24) is 9.80 Å². The van der Waals surface area contributed by atoms with Gasteiger partial charge in [-0.3, -0.25) is 24.6 Å². The van der Waals surface area contributed by atoms with Crippen LogP contribution >= 0.6 is 0 Å². The lowest BCUT2D eigenvalue weighted by Crippen LogP contribution is -2.50. The van der Waals surface area contributed by atoms with Gasteiger partial charge in [-0.2, -0.15) is 0 Å². The Balaban J connectivity index is 1.51. The fourth-order valence-corrected chi connectivity index (χ4v) is 3.00. The second kappa shape index (κ2) is 8.41. The number of nitro groups is 1. The molecule has 2 aromatic carbocycles. The molecule has 0 atom stereocenters. The highest BCUT2D eigenvalue weighted by atomic mass is 16.6. The molecular weight excluding hydrogens is 348 g/mol. The van der Waals surface area contributed by atoms with Gasteiger partial charge in [-0.25, -0.2) is 0 Å². The minimum atomic E-state index is -0.524. The predicted octanol–water partition coefficient (Wildman–Crippen LogP) is 1.99. The molecule has 1 aliphatic rings. The molecule has 0 bridgehead atoms. The predicted molar refractivity (Wildman–Crippen MR) is 101 cm³/mol. The molecule has 8 nitrogen and oxygen atoms in total. The maximum atomic E-state index is 12.4. The number of nitrogens with one attached hydrogen (secondary N) is 1. The average molecular weight is 368 g/mol. The van der Waals surface area contributed by atoms with Crippen LogP contribution < -0.4 is 5.32 Å². The maximum absolute atomic E-state index is 12.4. The second-order valence-corrected chi connectivity index (χ2v) is 6.26. The van der Waals surface area contributed by atoms with Gasteiger partial charge in [0.2, 0.25) is 5.91 Å². The number of benzene rings is 2. The second-order valence-electron chi connectivity index (χ2n) is 6.26. The number of nitro benzene ring substituents is 1. The lowest BCUT2D eigenvalue weighted by molar-refractivity contribution is -0.383.